The molecule has 0 aromatic carbocycles. The maximum atomic E-state index is 12.4. The molecule has 0 radical (unpaired) electrons. The third-order valence-corrected chi connectivity index (χ3v) is 2.47. The second-order valence-electron chi connectivity index (χ2n) is 3.91. The van der Waals surface area contributed by atoms with Crippen molar-refractivity contribution in [3.8, 4) is 0 Å². The van der Waals surface area contributed by atoms with Crippen LogP contribution in [-0.2, 0) is 13.1 Å². The molecule has 1 aromatic heterocycles. The summed E-state index contributed by atoms with van der Waals surface area (Å²) in [5.41, 5.74) is 0. The fourth-order valence-corrected chi connectivity index (χ4v) is 1.84. The third kappa shape index (κ3) is 5.22. The predicted molar refractivity (Wildman–Crippen MR) is 62.4 cm³/mol. The molecule has 104 valence electrons. The van der Waals surface area contributed by atoms with Gasteiger partial charge in [0, 0.05) is 19.0 Å². The first kappa shape index (κ1) is 15.2. The summed E-state index contributed by atoms with van der Waals surface area (Å²) >= 11 is 5.51. The zero-order chi connectivity index (χ0) is 13.6. The number of aromatic nitrogens is 3. The molecule has 1 rings (SSSR count). The van der Waals surface area contributed by atoms with E-state index in [4.69, 9.17) is 11.6 Å². The smallest absolute Gasteiger partial charge is 0.286 e. The van der Waals surface area contributed by atoms with Gasteiger partial charge in [0.15, 0.2) is 0 Å². The Kier molecular flexibility index (Phi) is 5.87. The first-order valence-electron chi connectivity index (χ1n) is 5.68. The van der Waals surface area contributed by atoms with Crippen LogP contribution in [0.1, 0.15) is 19.2 Å². The van der Waals surface area contributed by atoms with E-state index in [-0.39, 0.29) is 19.0 Å². The maximum absolute atomic E-state index is 12.4. The molecule has 0 unspecified atom stereocenters. The molecule has 0 atom stereocenters. The number of hydrogen-bond acceptors (Lipinski definition) is 3. The number of rotatable bonds is 7. The van der Waals surface area contributed by atoms with Crippen molar-refractivity contribution in [3.63, 3.8) is 0 Å². The topological polar surface area (TPSA) is 34.0 Å². The van der Waals surface area contributed by atoms with Crippen LogP contribution in [0.5, 0.6) is 0 Å². The second-order valence-corrected chi connectivity index (χ2v) is 4.29. The molecule has 18 heavy (non-hydrogen) atoms. The van der Waals surface area contributed by atoms with E-state index >= 15 is 0 Å². The van der Waals surface area contributed by atoms with Crippen LogP contribution in [0.2, 0.25) is 0 Å². The summed E-state index contributed by atoms with van der Waals surface area (Å²) in [5, 5.41) is 3.98. The SMILES string of the molecule is CCCn1ncnc1CN(CCCl)CC(F)(F)F. The minimum Gasteiger partial charge on any atom is -0.286 e. The van der Waals surface area contributed by atoms with Crippen molar-refractivity contribution in [3.05, 3.63) is 12.2 Å². The molecule has 0 fully saturated rings. The summed E-state index contributed by atoms with van der Waals surface area (Å²) in [5.74, 6) is 0.684. The molecule has 8 heteroatoms. The van der Waals surface area contributed by atoms with Crippen molar-refractivity contribution in [2.24, 2.45) is 0 Å². The first-order valence-corrected chi connectivity index (χ1v) is 6.21. The molecule has 0 bridgehead atoms. The van der Waals surface area contributed by atoms with E-state index in [0.29, 0.717) is 12.4 Å². The van der Waals surface area contributed by atoms with E-state index in [9.17, 15) is 13.2 Å². The van der Waals surface area contributed by atoms with Crippen molar-refractivity contribution >= 4 is 11.6 Å². The van der Waals surface area contributed by atoms with Gasteiger partial charge in [-0.3, -0.25) is 4.90 Å². The van der Waals surface area contributed by atoms with Gasteiger partial charge in [0.05, 0.1) is 13.1 Å². The lowest BCUT2D eigenvalue weighted by Crippen LogP contribution is -2.36. The molecular formula is C10H16ClF3N4. The zero-order valence-electron chi connectivity index (χ0n) is 10.1. The summed E-state index contributed by atoms with van der Waals surface area (Å²) in [4.78, 5) is 5.21. The monoisotopic (exact) mass is 284 g/mol. The molecule has 0 aliphatic carbocycles. The highest BCUT2D eigenvalue weighted by molar-refractivity contribution is 6.18. The summed E-state index contributed by atoms with van der Waals surface area (Å²) in [6, 6.07) is 0. The number of aryl methyl sites for hydroxylation is 1. The van der Waals surface area contributed by atoms with Gasteiger partial charge in [-0.1, -0.05) is 6.92 Å². The van der Waals surface area contributed by atoms with Crippen LogP contribution in [0, 0.1) is 0 Å². The summed E-state index contributed by atoms with van der Waals surface area (Å²) < 4.78 is 38.8. The molecule has 4 nitrogen and oxygen atoms in total. The maximum Gasteiger partial charge on any atom is 0.401 e. The van der Waals surface area contributed by atoms with Gasteiger partial charge in [0.2, 0.25) is 0 Å². The van der Waals surface area contributed by atoms with Crippen molar-refractivity contribution in [1.29, 1.82) is 0 Å². The number of nitrogens with zero attached hydrogens (tertiary/aromatic N) is 4. The van der Waals surface area contributed by atoms with Crippen LogP contribution >= 0.6 is 11.6 Å². The number of hydrogen-bond donors (Lipinski definition) is 0. The third-order valence-electron chi connectivity index (χ3n) is 2.30. The lowest BCUT2D eigenvalue weighted by atomic mass is 10.4. The van der Waals surface area contributed by atoms with E-state index in [2.05, 4.69) is 10.1 Å². The lowest BCUT2D eigenvalue weighted by molar-refractivity contribution is -0.146. The molecule has 1 aromatic rings. The summed E-state index contributed by atoms with van der Waals surface area (Å²) in [6.45, 7) is 1.90. The van der Waals surface area contributed by atoms with Crippen LogP contribution in [-0.4, -0.2) is 44.8 Å². The first-order chi connectivity index (χ1) is 8.46. The average Bonchev–Trinajstić information content (AvgIpc) is 2.64. The van der Waals surface area contributed by atoms with Crippen LogP contribution in [0.15, 0.2) is 6.33 Å². The highest BCUT2D eigenvalue weighted by Gasteiger charge is 2.31. The highest BCUT2D eigenvalue weighted by atomic mass is 35.5. The van der Waals surface area contributed by atoms with E-state index in [1.54, 1.807) is 4.68 Å². The Morgan fingerprint density at radius 1 is 1.44 bits per heavy atom. The molecule has 0 aliphatic heterocycles. The van der Waals surface area contributed by atoms with Gasteiger partial charge < -0.3 is 0 Å². The van der Waals surface area contributed by atoms with Gasteiger partial charge in [0.25, 0.3) is 0 Å². The molecular weight excluding hydrogens is 269 g/mol. The Hall–Kier alpha value is -0.820. The quantitative estimate of drug-likeness (QED) is 0.721. The average molecular weight is 285 g/mol. The summed E-state index contributed by atoms with van der Waals surface area (Å²) in [6.07, 6.45) is -2.02. The molecule has 0 spiro atoms. The van der Waals surface area contributed by atoms with Crippen LogP contribution < -0.4 is 0 Å². The largest absolute Gasteiger partial charge is 0.401 e. The minimum atomic E-state index is -4.23. The second kappa shape index (κ2) is 6.94. The standard InChI is InChI=1S/C10H16ClF3N4/c1-2-4-18-9(15-8-16-18)6-17(5-3-11)7-10(12,13)14/h8H,2-7H2,1H3. The molecule has 0 saturated heterocycles. The van der Waals surface area contributed by atoms with E-state index < -0.39 is 12.7 Å². The van der Waals surface area contributed by atoms with E-state index in [0.717, 1.165) is 6.42 Å². The summed E-state index contributed by atoms with van der Waals surface area (Å²) in [7, 11) is 0. The van der Waals surface area contributed by atoms with Crippen molar-refractivity contribution < 1.29 is 13.2 Å². The van der Waals surface area contributed by atoms with Gasteiger partial charge in [0.1, 0.15) is 12.2 Å². The van der Waals surface area contributed by atoms with Crippen molar-refractivity contribution in [2.45, 2.75) is 32.6 Å². The fourth-order valence-electron chi connectivity index (χ4n) is 1.60. The molecule has 0 N–H and O–H groups in total. The Morgan fingerprint density at radius 3 is 2.72 bits per heavy atom. The lowest BCUT2D eigenvalue weighted by Gasteiger charge is -2.22. The number of alkyl halides is 4. The van der Waals surface area contributed by atoms with Crippen LogP contribution in [0.4, 0.5) is 13.2 Å². The van der Waals surface area contributed by atoms with E-state index in [1.165, 1.54) is 11.2 Å². The Labute approximate surface area is 109 Å². The van der Waals surface area contributed by atoms with Gasteiger partial charge in [-0.15, -0.1) is 11.6 Å². The highest BCUT2D eigenvalue weighted by Crippen LogP contribution is 2.17. The Balaban J connectivity index is 2.67. The van der Waals surface area contributed by atoms with Gasteiger partial charge in [-0.2, -0.15) is 18.3 Å². The van der Waals surface area contributed by atoms with E-state index in [1.807, 2.05) is 6.92 Å². The zero-order valence-corrected chi connectivity index (χ0v) is 10.9. The van der Waals surface area contributed by atoms with Gasteiger partial charge in [-0.05, 0) is 6.42 Å². The number of halogens is 4. The normalized spacial score (nSPS) is 12.3. The van der Waals surface area contributed by atoms with Crippen molar-refractivity contribution in [1.82, 2.24) is 19.7 Å². The Bertz CT molecular complexity index is 353. The molecule has 1 heterocycles. The Morgan fingerprint density at radius 2 is 2.17 bits per heavy atom. The molecule has 0 aliphatic rings. The van der Waals surface area contributed by atoms with Crippen LogP contribution in [0.25, 0.3) is 0 Å². The molecule has 0 amide bonds. The van der Waals surface area contributed by atoms with Gasteiger partial charge in [-0.25, -0.2) is 9.67 Å². The van der Waals surface area contributed by atoms with Crippen molar-refractivity contribution in [2.75, 3.05) is 19.0 Å². The molecule has 0 saturated carbocycles. The fraction of sp³-hybridized carbons (Fsp3) is 0.800. The van der Waals surface area contributed by atoms with Crippen LogP contribution in [0.3, 0.4) is 0 Å². The predicted octanol–water partition coefficient (Wildman–Crippen LogP) is 2.29. The minimum absolute atomic E-state index is 0.103. The van der Waals surface area contributed by atoms with Gasteiger partial charge >= 0.3 is 6.18 Å².